The molecule has 0 aromatic carbocycles. The number of unbranched alkanes of at least 4 members (excludes halogenated alkanes) is 23. The van der Waals surface area contributed by atoms with Gasteiger partial charge in [-0.3, -0.25) is 4.79 Å². The maximum Gasteiger partial charge on any atom is 0.220 e. The Kier molecular flexibility index (Phi) is 34.3. The van der Waals surface area contributed by atoms with E-state index in [4.69, 9.17) is 0 Å². The molecule has 0 heterocycles. The van der Waals surface area contributed by atoms with Crippen molar-refractivity contribution in [2.75, 3.05) is 6.61 Å². The first-order valence-corrected chi connectivity index (χ1v) is 16.9. The topological polar surface area (TPSA) is 101 Å². The number of aliphatic hydroxyl groups excluding tert-OH is 2. The van der Waals surface area contributed by atoms with Gasteiger partial charge in [-0.15, -0.1) is 0 Å². The van der Waals surface area contributed by atoms with Crippen LogP contribution in [0.25, 0.3) is 0 Å². The molecule has 234 valence electrons. The molecule has 0 rings (SSSR count). The molecule has 0 aromatic heterocycles. The smallest absolute Gasteiger partial charge is 0.220 e. The van der Waals surface area contributed by atoms with Gasteiger partial charge in [0.05, 0.1) is 18.8 Å². The van der Waals surface area contributed by atoms with Crippen molar-refractivity contribution in [2.45, 2.75) is 193 Å². The second-order valence-electron chi connectivity index (χ2n) is 11.6. The maximum absolute atomic E-state index is 12.2. The van der Waals surface area contributed by atoms with Gasteiger partial charge in [0.15, 0.2) is 0 Å². The molecule has 1 amide bonds. The molecule has 5 N–H and O–H groups in total. The van der Waals surface area contributed by atoms with Gasteiger partial charge in [0.2, 0.25) is 5.91 Å². The Morgan fingerprint density at radius 3 is 1.36 bits per heavy atom. The van der Waals surface area contributed by atoms with Crippen LogP contribution in [-0.2, 0) is 4.79 Å². The normalized spacial score (nSPS) is 12.9. The zero-order chi connectivity index (χ0) is 27.9. The molecule has 0 bridgehead atoms. The van der Waals surface area contributed by atoms with Crippen LogP contribution in [0, 0.1) is 0 Å². The Labute approximate surface area is 243 Å². The Bertz CT molecular complexity index is 511. The lowest BCUT2D eigenvalue weighted by molar-refractivity contribution is -0.123. The van der Waals surface area contributed by atoms with Crippen molar-refractivity contribution in [3.8, 4) is 0 Å². The lowest BCUT2D eigenvalue weighted by Gasteiger charge is -2.20. The molecule has 0 saturated heterocycles. The highest BCUT2D eigenvalue weighted by molar-refractivity contribution is 5.76. The van der Waals surface area contributed by atoms with E-state index >= 15 is 0 Å². The highest BCUT2D eigenvalue weighted by atomic mass is 16.3. The van der Waals surface area contributed by atoms with Crippen LogP contribution in [0.5, 0.6) is 0 Å². The van der Waals surface area contributed by atoms with E-state index in [-0.39, 0.29) is 18.0 Å². The molecule has 5 heteroatoms. The molecule has 0 fully saturated rings. The van der Waals surface area contributed by atoms with Crippen molar-refractivity contribution in [3.63, 3.8) is 0 Å². The first-order chi connectivity index (χ1) is 18.7. The van der Waals surface area contributed by atoms with Gasteiger partial charge in [-0.25, -0.2) is 0 Å². The van der Waals surface area contributed by atoms with E-state index in [0.29, 0.717) is 6.42 Å². The average Bonchev–Trinajstić information content (AvgIpc) is 2.92. The van der Waals surface area contributed by atoms with Crippen molar-refractivity contribution in [1.29, 1.82) is 0 Å². The van der Waals surface area contributed by atoms with Crippen LogP contribution in [0.2, 0.25) is 0 Å². The third-order valence-electron chi connectivity index (χ3n) is 7.77. The number of amides is 1. The molecular weight excluding hydrogens is 486 g/mol. The maximum atomic E-state index is 12.2. The summed E-state index contributed by atoms with van der Waals surface area (Å²) >= 11 is 0. The van der Waals surface area contributed by atoms with Crippen molar-refractivity contribution in [3.05, 3.63) is 12.2 Å². The van der Waals surface area contributed by atoms with Crippen LogP contribution in [0.15, 0.2) is 12.2 Å². The van der Waals surface area contributed by atoms with E-state index in [1.165, 1.54) is 135 Å². The summed E-state index contributed by atoms with van der Waals surface area (Å²) in [6, 6.07) is -0.613. The Balaban J connectivity index is 0. The molecule has 39 heavy (non-hydrogen) atoms. The lowest BCUT2D eigenvalue weighted by Crippen LogP contribution is -2.45. The number of aliphatic hydroxyl groups is 2. The van der Waals surface area contributed by atoms with Gasteiger partial charge in [0.25, 0.3) is 0 Å². The van der Waals surface area contributed by atoms with Crippen LogP contribution in [-0.4, -0.2) is 40.3 Å². The van der Waals surface area contributed by atoms with E-state index < -0.39 is 12.1 Å². The van der Waals surface area contributed by atoms with E-state index in [1.807, 2.05) is 6.08 Å². The van der Waals surface area contributed by atoms with Crippen molar-refractivity contribution in [2.24, 2.45) is 0 Å². The summed E-state index contributed by atoms with van der Waals surface area (Å²) in [5, 5.41) is 22.8. The molecular formula is C34H69NO4. The van der Waals surface area contributed by atoms with Gasteiger partial charge in [-0.2, -0.15) is 0 Å². The predicted octanol–water partition coefficient (Wildman–Crippen LogP) is 8.74. The lowest BCUT2D eigenvalue weighted by atomic mass is 10.0. The highest BCUT2D eigenvalue weighted by Gasteiger charge is 2.17. The Hall–Kier alpha value is -0.910. The molecule has 0 aliphatic rings. The summed E-state index contributed by atoms with van der Waals surface area (Å²) in [7, 11) is 0. The minimum Gasteiger partial charge on any atom is -0.412 e. The zero-order valence-electron chi connectivity index (χ0n) is 26.2. The van der Waals surface area contributed by atoms with Crippen LogP contribution < -0.4 is 5.32 Å². The van der Waals surface area contributed by atoms with Crippen molar-refractivity contribution >= 4 is 5.91 Å². The molecule has 0 spiro atoms. The molecule has 0 aliphatic heterocycles. The number of nitrogens with one attached hydrogen (secondary N) is 1. The third kappa shape index (κ3) is 29.9. The van der Waals surface area contributed by atoms with Gasteiger partial charge in [0, 0.05) is 6.42 Å². The molecule has 2 atom stereocenters. The number of allylic oxidation sites excluding steroid dienone is 1. The van der Waals surface area contributed by atoms with Crippen LogP contribution >= 0.6 is 0 Å². The minimum absolute atomic E-state index is 0. The van der Waals surface area contributed by atoms with Gasteiger partial charge >= 0.3 is 0 Å². The quantitative estimate of drug-likeness (QED) is 0.0610. The Morgan fingerprint density at radius 1 is 0.615 bits per heavy atom. The van der Waals surface area contributed by atoms with Gasteiger partial charge in [0.1, 0.15) is 0 Å². The van der Waals surface area contributed by atoms with E-state index in [2.05, 4.69) is 19.2 Å². The largest absolute Gasteiger partial charge is 0.412 e. The fourth-order valence-electron chi connectivity index (χ4n) is 5.12. The van der Waals surface area contributed by atoms with E-state index in [0.717, 1.165) is 25.7 Å². The van der Waals surface area contributed by atoms with Crippen LogP contribution in [0.1, 0.15) is 181 Å². The molecule has 0 unspecified atom stereocenters. The number of carbonyl (C=O) groups is 1. The first kappa shape index (κ1) is 40.2. The molecule has 0 aromatic rings. The fraction of sp³-hybridized carbons (Fsp3) is 0.912. The van der Waals surface area contributed by atoms with Crippen LogP contribution in [0.3, 0.4) is 0 Å². The Morgan fingerprint density at radius 2 is 0.974 bits per heavy atom. The average molecular weight is 556 g/mol. The molecule has 0 saturated carbocycles. The highest BCUT2D eigenvalue weighted by Crippen LogP contribution is 2.14. The van der Waals surface area contributed by atoms with Crippen molar-refractivity contribution in [1.82, 2.24) is 5.32 Å². The summed E-state index contributed by atoms with van der Waals surface area (Å²) < 4.78 is 0. The van der Waals surface area contributed by atoms with Gasteiger partial charge in [-0.1, -0.05) is 167 Å². The summed E-state index contributed by atoms with van der Waals surface area (Å²) in [4.78, 5) is 12.2. The number of rotatable bonds is 30. The first-order valence-electron chi connectivity index (χ1n) is 16.9. The van der Waals surface area contributed by atoms with E-state index in [1.54, 1.807) is 6.08 Å². The van der Waals surface area contributed by atoms with Gasteiger partial charge < -0.3 is 21.0 Å². The summed E-state index contributed by atoms with van der Waals surface area (Å²) in [6.07, 6.45) is 35.7. The number of carbonyl (C=O) groups excluding carboxylic acids is 1. The third-order valence-corrected chi connectivity index (χ3v) is 7.77. The zero-order valence-corrected chi connectivity index (χ0v) is 26.2. The van der Waals surface area contributed by atoms with Crippen molar-refractivity contribution < 1.29 is 20.5 Å². The standard InChI is InChI=1S/C34H67NO3.H2O/c1-3-5-7-9-11-13-15-17-19-21-23-25-27-29-33(37)32(31-36)35-34(38)30-28-26-24-22-20-18-16-14-12-10-8-6-4-2;/h27,29,32-33,36-37H,3-26,28,30-31H2,1-2H3,(H,35,38);1H2/b29-27+;/t32-,33+;/m0./s1. The van der Waals surface area contributed by atoms with E-state index in [9.17, 15) is 15.0 Å². The number of hydrogen-bond acceptors (Lipinski definition) is 3. The van der Waals surface area contributed by atoms with Gasteiger partial charge in [-0.05, 0) is 19.3 Å². The molecule has 0 aliphatic carbocycles. The predicted molar refractivity (Wildman–Crippen MR) is 169 cm³/mol. The SMILES string of the molecule is CCCCCCCCCCCCC/C=C/[C@@H](O)[C@H](CO)NC(=O)CCCCCCCCCCCCCCC.O. The monoisotopic (exact) mass is 556 g/mol. The number of hydrogen-bond donors (Lipinski definition) is 3. The van der Waals surface area contributed by atoms with Crippen LogP contribution in [0.4, 0.5) is 0 Å². The summed E-state index contributed by atoms with van der Waals surface area (Å²) in [5.41, 5.74) is 0. The summed E-state index contributed by atoms with van der Waals surface area (Å²) in [6.45, 7) is 4.29. The second-order valence-corrected chi connectivity index (χ2v) is 11.6. The minimum atomic E-state index is -0.830. The second kappa shape index (κ2) is 33.3. The fourth-order valence-corrected chi connectivity index (χ4v) is 5.12. The molecule has 5 nitrogen and oxygen atoms in total. The molecule has 0 radical (unpaired) electrons. The summed E-state index contributed by atoms with van der Waals surface area (Å²) in [5.74, 6) is -0.0649.